The summed E-state index contributed by atoms with van der Waals surface area (Å²) in [6, 6.07) is 5.86. The molecule has 33 heavy (non-hydrogen) atoms. The maximum Gasteiger partial charge on any atom is 0.293 e. The van der Waals surface area contributed by atoms with E-state index in [4.69, 9.17) is 15.1 Å². The first kappa shape index (κ1) is 22.8. The Hall–Kier alpha value is -3.35. The predicted octanol–water partition coefficient (Wildman–Crippen LogP) is 2.46. The molecule has 4 heterocycles. The molecule has 0 unspecified atom stereocenters. The first-order valence-corrected chi connectivity index (χ1v) is 10.8. The largest absolute Gasteiger partial charge is 0.439 e. The van der Waals surface area contributed by atoms with Gasteiger partial charge in [-0.2, -0.15) is 5.10 Å². The first-order valence-electron chi connectivity index (χ1n) is 10.8. The standard InChI is InChI=1S/C23H25N7O2.ClH/c1-3-4-11-29-21-17(26-23(29)28-10-6-8-16(24)13-28)12-25-30(22(21)31)14-19-27-20-15(2)7-5-9-18(20)32-19;/h5,7,9,12,16H,6,8,10-11,13-14,24H2,1-2H3;1H/t16-;/m1./s1. The summed E-state index contributed by atoms with van der Waals surface area (Å²) >= 11 is 0. The van der Waals surface area contributed by atoms with Crippen LogP contribution in [0.2, 0.25) is 0 Å². The molecule has 1 fully saturated rings. The minimum atomic E-state index is -0.251. The zero-order valence-corrected chi connectivity index (χ0v) is 19.4. The third-order valence-electron chi connectivity index (χ3n) is 5.84. The Labute approximate surface area is 197 Å². The van der Waals surface area contributed by atoms with Crippen LogP contribution in [0.25, 0.3) is 22.1 Å². The maximum atomic E-state index is 13.4. The van der Waals surface area contributed by atoms with Gasteiger partial charge in [-0.1, -0.05) is 18.1 Å². The number of nitrogens with two attached hydrogens (primary N) is 1. The molecule has 1 aliphatic rings. The van der Waals surface area contributed by atoms with Crippen molar-refractivity contribution in [1.29, 1.82) is 0 Å². The molecule has 1 aromatic carbocycles. The van der Waals surface area contributed by atoms with Gasteiger partial charge in [0.25, 0.3) is 5.56 Å². The minimum absolute atomic E-state index is 0. The number of benzene rings is 1. The summed E-state index contributed by atoms with van der Waals surface area (Å²) in [7, 11) is 0. The molecule has 1 saturated heterocycles. The average molecular weight is 468 g/mol. The summed E-state index contributed by atoms with van der Waals surface area (Å²) in [5.74, 6) is 7.13. The molecule has 1 atom stereocenters. The molecular weight excluding hydrogens is 442 g/mol. The van der Waals surface area contributed by atoms with E-state index in [2.05, 4.69) is 26.8 Å². The van der Waals surface area contributed by atoms with Gasteiger partial charge >= 0.3 is 0 Å². The Bertz CT molecular complexity index is 1430. The van der Waals surface area contributed by atoms with Crippen LogP contribution >= 0.6 is 12.4 Å². The normalized spacial score (nSPS) is 16.0. The van der Waals surface area contributed by atoms with Crippen LogP contribution in [-0.4, -0.2) is 43.4 Å². The second-order valence-electron chi connectivity index (χ2n) is 8.14. The van der Waals surface area contributed by atoms with Crippen LogP contribution in [-0.2, 0) is 13.1 Å². The minimum Gasteiger partial charge on any atom is -0.439 e. The van der Waals surface area contributed by atoms with Gasteiger partial charge in [0.1, 0.15) is 23.1 Å². The Balaban J connectivity index is 0.00000259. The van der Waals surface area contributed by atoms with Crippen LogP contribution in [0.1, 0.15) is 31.2 Å². The van der Waals surface area contributed by atoms with Gasteiger partial charge in [-0.25, -0.2) is 14.6 Å². The molecule has 0 bridgehead atoms. The lowest BCUT2D eigenvalue weighted by Crippen LogP contribution is -2.44. The molecule has 10 heteroatoms. The van der Waals surface area contributed by atoms with Crippen molar-refractivity contribution in [1.82, 2.24) is 24.3 Å². The first-order chi connectivity index (χ1) is 15.5. The van der Waals surface area contributed by atoms with Gasteiger partial charge in [0.05, 0.1) is 12.7 Å². The van der Waals surface area contributed by atoms with E-state index >= 15 is 0 Å². The number of imidazole rings is 1. The van der Waals surface area contributed by atoms with Gasteiger partial charge in [-0.3, -0.25) is 9.36 Å². The molecule has 0 aliphatic carbocycles. The summed E-state index contributed by atoms with van der Waals surface area (Å²) in [4.78, 5) is 24.9. The van der Waals surface area contributed by atoms with Crippen LogP contribution in [0.3, 0.4) is 0 Å². The van der Waals surface area contributed by atoms with Crippen molar-refractivity contribution >= 4 is 40.5 Å². The van der Waals surface area contributed by atoms with Crippen molar-refractivity contribution < 1.29 is 4.42 Å². The van der Waals surface area contributed by atoms with E-state index in [-0.39, 0.29) is 30.6 Å². The van der Waals surface area contributed by atoms with Gasteiger partial charge < -0.3 is 15.1 Å². The highest BCUT2D eigenvalue weighted by Gasteiger charge is 2.24. The number of anilines is 1. The van der Waals surface area contributed by atoms with Gasteiger partial charge in [-0.05, 0) is 38.3 Å². The summed E-state index contributed by atoms with van der Waals surface area (Å²) in [5, 5.41) is 4.34. The van der Waals surface area contributed by atoms with E-state index in [0.717, 1.165) is 30.5 Å². The van der Waals surface area contributed by atoms with E-state index in [0.29, 0.717) is 41.5 Å². The summed E-state index contributed by atoms with van der Waals surface area (Å²) in [6.07, 6.45) is 3.60. The Morgan fingerprint density at radius 2 is 2.15 bits per heavy atom. The topological polar surface area (TPSA) is 108 Å². The lowest BCUT2D eigenvalue weighted by molar-refractivity contribution is 0.482. The molecule has 0 saturated carbocycles. The lowest BCUT2D eigenvalue weighted by Gasteiger charge is -2.31. The van der Waals surface area contributed by atoms with Crippen molar-refractivity contribution in [2.75, 3.05) is 18.0 Å². The molecule has 2 N–H and O–H groups in total. The number of hydrogen-bond acceptors (Lipinski definition) is 7. The molecule has 172 valence electrons. The van der Waals surface area contributed by atoms with E-state index in [1.165, 1.54) is 4.68 Å². The second-order valence-corrected chi connectivity index (χ2v) is 8.14. The summed E-state index contributed by atoms with van der Waals surface area (Å²) in [6.45, 7) is 5.82. The number of nitrogens with zero attached hydrogens (tertiary/aromatic N) is 6. The third kappa shape index (κ3) is 4.19. The number of aromatic nitrogens is 5. The number of fused-ring (bicyclic) bond motifs is 2. The van der Waals surface area contributed by atoms with Crippen LogP contribution in [0, 0.1) is 18.8 Å². The third-order valence-corrected chi connectivity index (χ3v) is 5.84. The molecule has 4 aromatic rings. The number of oxazole rings is 1. The van der Waals surface area contributed by atoms with Gasteiger partial charge in [0.15, 0.2) is 5.58 Å². The van der Waals surface area contributed by atoms with Crippen molar-refractivity contribution in [2.45, 2.75) is 45.8 Å². The molecule has 9 nitrogen and oxygen atoms in total. The highest BCUT2D eigenvalue weighted by Crippen LogP contribution is 2.23. The zero-order valence-electron chi connectivity index (χ0n) is 18.6. The maximum absolute atomic E-state index is 13.4. The van der Waals surface area contributed by atoms with E-state index < -0.39 is 0 Å². The van der Waals surface area contributed by atoms with Gasteiger partial charge in [0.2, 0.25) is 11.8 Å². The lowest BCUT2D eigenvalue weighted by atomic mass is 10.1. The van der Waals surface area contributed by atoms with Crippen LogP contribution < -0.4 is 16.2 Å². The van der Waals surface area contributed by atoms with E-state index in [9.17, 15) is 4.79 Å². The number of halogens is 1. The Kier molecular flexibility index (Phi) is 6.40. The second kappa shape index (κ2) is 9.25. The van der Waals surface area contributed by atoms with Crippen LogP contribution in [0.4, 0.5) is 5.95 Å². The van der Waals surface area contributed by atoms with Crippen molar-refractivity contribution in [3.63, 3.8) is 0 Å². The van der Waals surface area contributed by atoms with E-state index in [1.807, 2.05) is 29.7 Å². The quantitative estimate of drug-likeness (QED) is 0.459. The number of aryl methyl sites for hydroxylation is 1. The van der Waals surface area contributed by atoms with Crippen molar-refractivity contribution in [3.8, 4) is 11.8 Å². The van der Waals surface area contributed by atoms with E-state index in [1.54, 1.807) is 13.1 Å². The molecule has 1 aliphatic heterocycles. The number of rotatable bonds is 4. The molecule has 0 amide bonds. The number of para-hydroxylation sites is 1. The van der Waals surface area contributed by atoms with Crippen molar-refractivity contribution in [3.05, 3.63) is 46.2 Å². The fraction of sp³-hybridized carbons (Fsp3) is 0.391. The highest BCUT2D eigenvalue weighted by atomic mass is 35.5. The SMILES string of the molecule is CC#CCn1c(N2CCC[C@@H](N)C2)nc2cnn(Cc3nc4c(C)cccc4o3)c(=O)c21.Cl. The molecule has 0 radical (unpaired) electrons. The molecular formula is C23H26ClN7O2. The predicted molar refractivity (Wildman–Crippen MR) is 130 cm³/mol. The Morgan fingerprint density at radius 1 is 1.30 bits per heavy atom. The monoisotopic (exact) mass is 467 g/mol. The number of piperidine rings is 1. The van der Waals surface area contributed by atoms with Crippen LogP contribution in [0.15, 0.2) is 33.6 Å². The summed E-state index contributed by atoms with van der Waals surface area (Å²) < 4.78 is 9.09. The fourth-order valence-electron chi connectivity index (χ4n) is 4.25. The fourth-order valence-corrected chi connectivity index (χ4v) is 4.25. The molecule has 5 rings (SSSR count). The van der Waals surface area contributed by atoms with Gasteiger partial charge in [0, 0.05) is 19.1 Å². The van der Waals surface area contributed by atoms with Crippen LogP contribution in [0.5, 0.6) is 0 Å². The molecule has 0 spiro atoms. The summed E-state index contributed by atoms with van der Waals surface area (Å²) in [5.41, 5.74) is 9.47. The highest BCUT2D eigenvalue weighted by molar-refractivity contribution is 5.85. The van der Waals surface area contributed by atoms with Crippen molar-refractivity contribution in [2.24, 2.45) is 5.73 Å². The Morgan fingerprint density at radius 3 is 2.91 bits per heavy atom. The van der Waals surface area contributed by atoms with Gasteiger partial charge in [-0.15, -0.1) is 18.3 Å². The molecule has 3 aromatic heterocycles. The average Bonchev–Trinajstić information content (AvgIpc) is 3.36. The zero-order chi connectivity index (χ0) is 22.2. The number of hydrogen-bond donors (Lipinski definition) is 1. The smallest absolute Gasteiger partial charge is 0.293 e.